The number of nitrogens with one attached hydrogen (secondary N) is 1. The highest BCUT2D eigenvalue weighted by Gasteiger charge is 1.94. The average molecular weight is 143 g/mol. The Morgan fingerprint density at radius 1 is 1.09 bits per heavy atom. The highest BCUT2D eigenvalue weighted by atomic mass is 14.7. The van der Waals surface area contributed by atoms with E-state index in [0.29, 0.717) is 5.69 Å². The predicted molar refractivity (Wildman–Crippen MR) is 44.5 cm³/mol. The minimum Gasteiger partial charge on any atom is -0.300 e. The Hall–Kier alpha value is -1.57. The van der Waals surface area contributed by atoms with Gasteiger partial charge in [0, 0.05) is 11.6 Å². The van der Waals surface area contributed by atoms with Crippen molar-refractivity contribution in [1.29, 1.82) is 0 Å². The number of rotatable bonds is 0. The van der Waals surface area contributed by atoms with Crippen LogP contribution in [0.2, 0.25) is 0 Å². The maximum Gasteiger partial charge on any atom is 0.0723 e. The smallest absolute Gasteiger partial charge is 0.0723 e. The molecule has 53 valence electrons. The second-order valence-electron chi connectivity index (χ2n) is 2.38. The van der Waals surface area contributed by atoms with E-state index in [9.17, 15) is 0 Å². The maximum absolute atomic E-state index is 7.52. The molecule has 2 rings (SSSR count). The quantitative estimate of drug-likeness (QED) is 0.556. The van der Waals surface area contributed by atoms with Gasteiger partial charge in [0.05, 0.1) is 11.2 Å². The van der Waals surface area contributed by atoms with E-state index in [1.165, 1.54) is 0 Å². The first-order valence-corrected chi connectivity index (χ1v) is 3.43. The van der Waals surface area contributed by atoms with Gasteiger partial charge in [0.1, 0.15) is 0 Å². The summed E-state index contributed by atoms with van der Waals surface area (Å²) in [4.78, 5) is 4.12. The van der Waals surface area contributed by atoms with Crippen molar-refractivity contribution < 1.29 is 0 Å². The SMILES string of the molecule is [NH]c1cccc2ncccc12. The molecule has 11 heavy (non-hydrogen) atoms. The molecule has 0 aliphatic carbocycles. The zero-order valence-corrected chi connectivity index (χ0v) is 5.91. The Morgan fingerprint density at radius 3 is 2.82 bits per heavy atom. The molecule has 0 bridgehead atoms. The Balaban J connectivity index is 2.91. The third-order valence-corrected chi connectivity index (χ3v) is 1.65. The van der Waals surface area contributed by atoms with Crippen LogP contribution in [0.1, 0.15) is 0 Å². The number of nitrogens with zero attached hydrogens (tertiary/aromatic N) is 1. The monoisotopic (exact) mass is 143 g/mol. The van der Waals surface area contributed by atoms with Gasteiger partial charge in [0.15, 0.2) is 0 Å². The fourth-order valence-electron chi connectivity index (χ4n) is 1.10. The predicted octanol–water partition coefficient (Wildman–Crippen LogP) is 2.15. The Morgan fingerprint density at radius 2 is 2.00 bits per heavy atom. The van der Waals surface area contributed by atoms with E-state index in [2.05, 4.69) is 4.98 Å². The molecule has 0 unspecified atom stereocenters. The van der Waals surface area contributed by atoms with Crippen LogP contribution in [0.25, 0.3) is 10.9 Å². The van der Waals surface area contributed by atoms with Gasteiger partial charge in [-0.2, -0.15) is 0 Å². The molecule has 1 radical (unpaired) electrons. The molecule has 1 aromatic carbocycles. The van der Waals surface area contributed by atoms with Crippen molar-refractivity contribution in [1.82, 2.24) is 10.7 Å². The van der Waals surface area contributed by atoms with Gasteiger partial charge in [-0.3, -0.25) is 4.98 Å². The molecule has 1 heterocycles. The first-order chi connectivity index (χ1) is 5.38. The summed E-state index contributed by atoms with van der Waals surface area (Å²) < 4.78 is 0. The lowest BCUT2D eigenvalue weighted by Crippen LogP contribution is -1.78. The van der Waals surface area contributed by atoms with Crippen LogP contribution in [0.5, 0.6) is 0 Å². The van der Waals surface area contributed by atoms with E-state index in [1.807, 2.05) is 24.3 Å². The molecule has 1 aromatic heterocycles. The minimum absolute atomic E-state index is 0.538. The standard InChI is InChI=1S/C9H7N2/c10-8-4-1-5-9-7(8)3-2-6-11-9/h1-6,10H. The van der Waals surface area contributed by atoms with Gasteiger partial charge in [-0.05, 0) is 24.3 Å². The van der Waals surface area contributed by atoms with Crippen molar-refractivity contribution in [3.8, 4) is 0 Å². The van der Waals surface area contributed by atoms with Gasteiger partial charge in [-0.15, -0.1) is 0 Å². The van der Waals surface area contributed by atoms with E-state index >= 15 is 0 Å². The number of fused-ring (bicyclic) bond motifs is 1. The van der Waals surface area contributed by atoms with Gasteiger partial charge in [-0.25, -0.2) is 0 Å². The highest BCUT2D eigenvalue weighted by Crippen LogP contribution is 2.18. The maximum atomic E-state index is 7.52. The summed E-state index contributed by atoms with van der Waals surface area (Å²) in [7, 11) is 0. The van der Waals surface area contributed by atoms with Crippen LogP contribution in [0.3, 0.4) is 0 Å². The molecule has 0 amide bonds. The zero-order chi connectivity index (χ0) is 7.68. The first-order valence-electron chi connectivity index (χ1n) is 3.43. The molecule has 2 heteroatoms. The van der Waals surface area contributed by atoms with Gasteiger partial charge in [0.2, 0.25) is 0 Å². The molecule has 0 aliphatic rings. The van der Waals surface area contributed by atoms with Crippen LogP contribution in [-0.2, 0) is 0 Å². The normalized spacial score (nSPS) is 10.2. The second kappa shape index (κ2) is 2.23. The van der Waals surface area contributed by atoms with Gasteiger partial charge >= 0.3 is 0 Å². The highest BCUT2D eigenvalue weighted by molar-refractivity contribution is 5.88. The van der Waals surface area contributed by atoms with Crippen LogP contribution in [-0.4, -0.2) is 4.98 Å². The number of hydrogen-bond acceptors (Lipinski definition) is 1. The summed E-state index contributed by atoms with van der Waals surface area (Å²) in [5.41, 5.74) is 8.95. The Bertz CT molecular complexity index is 377. The first kappa shape index (κ1) is 6.16. The summed E-state index contributed by atoms with van der Waals surface area (Å²) in [6.45, 7) is 0. The number of aromatic nitrogens is 1. The summed E-state index contributed by atoms with van der Waals surface area (Å²) in [6.07, 6.45) is 1.74. The largest absolute Gasteiger partial charge is 0.300 e. The number of pyridine rings is 1. The van der Waals surface area contributed by atoms with Crippen LogP contribution < -0.4 is 5.73 Å². The molecule has 2 nitrogen and oxygen atoms in total. The minimum atomic E-state index is 0.538. The average Bonchev–Trinajstić information content (AvgIpc) is 2.06. The van der Waals surface area contributed by atoms with E-state index in [1.54, 1.807) is 12.3 Å². The lowest BCUT2D eigenvalue weighted by molar-refractivity contribution is 1.40. The molecule has 2 aromatic rings. The van der Waals surface area contributed by atoms with Gasteiger partial charge < -0.3 is 5.73 Å². The zero-order valence-electron chi connectivity index (χ0n) is 5.91. The van der Waals surface area contributed by atoms with Crippen molar-refractivity contribution in [2.24, 2.45) is 0 Å². The summed E-state index contributed by atoms with van der Waals surface area (Å²) in [6, 6.07) is 9.28. The fourth-order valence-corrected chi connectivity index (χ4v) is 1.10. The van der Waals surface area contributed by atoms with Crippen LogP contribution in [0.4, 0.5) is 5.69 Å². The van der Waals surface area contributed by atoms with E-state index in [0.717, 1.165) is 10.9 Å². The van der Waals surface area contributed by atoms with E-state index in [-0.39, 0.29) is 0 Å². The molecular weight excluding hydrogens is 136 g/mol. The van der Waals surface area contributed by atoms with Crippen LogP contribution in [0.15, 0.2) is 36.5 Å². The lowest BCUT2D eigenvalue weighted by Gasteiger charge is -1.96. The molecule has 0 saturated heterocycles. The summed E-state index contributed by atoms with van der Waals surface area (Å²) in [5, 5.41) is 0.912. The Labute approximate surface area is 64.7 Å². The molecular formula is C9H7N2. The molecule has 0 aliphatic heterocycles. The van der Waals surface area contributed by atoms with Crippen molar-refractivity contribution in [3.05, 3.63) is 36.5 Å². The Kier molecular flexibility index (Phi) is 1.25. The van der Waals surface area contributed by atoms with Crippen molar-refractivity contribution in [2.75, 3.05) is 0 Å². The molecule has 0 spiro atoms. The topological polar surface area (TPSA) is 36.7 Å². The molecule has 0 saturated carbocycles. The van der Waals surface area contributed by atoms with E-state index < -0.39 is 0 Å². The number of hydrogen-bond donors (Lipinski definition) is 0. The number of benzene rings is 1. The second-order valence-corrected chi connectivity index (χ2v) is 2.38. The van der Waals surface area contributed by atoms with Gasteiger partial charge in [0.25, 0.3) is 0 Å². The molecule has 0 fully saturated rings. The summed E-state index contributed by atoms with van der Waals surface area (Å²) in [5.74, 6) is 0. The third-order valence-electron chi connectivity index (χ3n) is 1.65. The van der Waals surface area contributed by atoms with Crippen LogP contribution >= 0.6 is 0 Å². The lowest BCUT2D eigenvalue weighted by atomic mass is 10.2. The van der Waals surface area contributed by atoms with Crippen LogP contribution in [0, 0.1) is 0 Å². The molecule has 0 atom stereocenters. The van der Waals surface area contributed by atoms with Crippen molar-refractivity contribution in [3.63, 3.8) is 0 Å². The fraction of sp³-hybridized carbons (Fsp3) is 0. The summed E-state index contributed by atoms with van der Waals surface area (Å²) >= 11 is 0. The van der Waals surface area contributed by atoms with Gasteiger partial charge in [-0.1, -0.05) is 6.07 Å². The van der Waals surface area contributed by atoms with Crippen molar-refractivity contribution >= 4 is 16.6 Å². The third kappa shape index (κ3) is 0.923. The van der Waals surface area contributed by atoms with Crippen molar-refractivity contribution in [2.45, 2.75) is 0 Å². The molecule has 1 N–H and O–H groups in total. The van der Waals surface area contributed by atoms with E-state index in [4.69, 9.17) is 5.73 Å².